The lowest BCUT2D eigenvalue weighted by Gasteiger charge is -2.24. The van der Waals surface area contributed by atoms with Crippen molar-refractivity contribution in [2.24, 2.45) is 0 Å². The van der Waals surface area contributed by atoms with Crippen LogP contribution in [-0.4, -0.2) is 17.9 Å². The first-order valence-corrected chi connectivity index (χ1v) is 8.29. The van der Waals surface area contributed by atoms with Gasteiger partial charge in [0.2, 0.25) is 5.91 Å². The third kappa shape index (κ3) is 2.47. The number of amides is 2. The highest BCUT2D eigenvalue weighted by Crippen LogP contribution is 2.38. The molecule has 1 aliphatic heterocycles. The van der Waals surface area contributed by atoms with Gasteiger partial charge in [0, 0.05) is 16.6 Å². The molecular formula is C21H18N2O2. The second-order valence-corrected chi connectivity index (χ2v) is 6.39. The van der Waals surface area contributed by atoms with Gasteiger partial charge in [0.05, 0.1) is 5.69 Å². The van der Waals surface area contributed by atoms with Crippen LogP contribution in [0.3, 0.4) is 0 Å². The minimum absolute atomic E-state index is 0.127. The Hall–Kier alpha value is -3.14. The summed E-state index contributed by atoms with van der Waals surface area (Å²) in [5.41, 5.74) is 3.31. The van der Waals surface area contributed by atoms with E-state index in [1.54, 1.807) is 11.8 Å². The van der Waals surface area contributed by atoms with Gasteiger partial charge in [-0.3, -0.25) is 14.5 Å². The van der Waals surface area contributed by atoms with Gasteiger partial charge in [-0.2, -0.15) is 0 Å². The van der Waals surface area contributed by atoms with E-state index in [1.165, 1.54) is 0 Å². The van der Waals surface area contributed by atoms with E-state index in [0.717, 1.165) is 27.7 Å². The maximum absolute atomic E-state index is 12.9. The second kappa shape index (κ2) is 5.74. The molecule has 0 radical (unpaired) electrons. The van der Waals surface area contributed by atoms with Crippen LogP contribution >= 0.6 is 0 Å². The number of carbonyl (C=O) groups is 2. The number of anilines is 2. The van der Waals surface area contributed by atoms with Crippen LogP contribution in [0.5, 0.6) is 0 Å². The van der Waals surface area contributed by atoms with Crippen LogP contribution in [0.25, 0.3) is 10.8 Å². The summed E-state index contributed by atoms with van der Waals surface area (Å²) < 4.78 is 0. The Balaban J connectivity index is 1.66. The van der Waals surface area contributed by atoms with Gasteiger partial charge in [-0.25, -0.2) is 0 Å². The fourth-order valence-corrected chi connectivity index (χ4v) is 3.32. The highest BCUT2D eigenvalue weighted by Gasteiger charge is 2.35. The third-order valence-electron chi connectivity index (χ3n) is 4.68. The first kappa shape index (κ1) is 15.4. The number of aryl methyl sites for hydroxylation is 1. The molecule has 0 fully saturated rings. The molecule has 0 spiro atoms. The van der Waals surface area contributed by atoms with Gasteiger partial charge < -0.3 is 5.32 Å². The highest BCUT2D eigenvalue weighted by atomic mass is 16.2. The molecule has 1 aliphatic rings. The Morgan fingerprint density at radius 2 is 1.68 bits per heavy atom. The fraction of sp³-hybridized carbons (Fsp3) is 0.143. The van der Waals surface area contributed by atoms with E-state index < -0.39 is 6.04 Å². The molecule has 1 atom stereocenters. The first-order chi connectivity index (χ1) is 12.1. The number of nitrogens with zero attached hydrogens (tertiary/aromatic N) is 1. The van der Waals surface area contributed by atoms with Crippen molar-refractivity contribution in [3.05, 3.63) is 71.8 Å². The summed E-state index contributed by atoms with van der Waals surface area (Å²) in [7, 11) is 0. The predicted molar refractivity (Wildman–Crippen MR) is 100 cm³/mol. The van der Waals surface area contributed by atoms with Crippen molar-refractivity contribution in [2.75, 3.05) is 10.2 Å². The molecule has 1 N–H and O–H groups in total. The van der Waals surface area contributed by atoms with Gasteiger partial charge in [0.15, 0.2) is 0 Å². The molecule has 0 unspecified atom stereocenters. The third-order valence-corrected chi connectivity index (χ3v) is 4.68. The molecular weight excluding hydrogens is 312 g/mol. The van der Waals surface area contributed by atoms with Gasteiger partial charge >= 0.3 is 0 Å². The standard InChI is InChI=1S/C21H18N2O2/c1-13-9-11-16(12-10-13)22-20(24)14(2)23-18-8-4-6-15-5-3-7-17(19(15)18)21(23)25/h3-12,14H,1-2H3,(H,22,24)/t14-/m1/s1. The summed E-state index contributed by atoms with van der Waals surface area (Å²) in [5.74, 6) is -0.333. The summed E-state index contributed by atoms with van der Waals surface area (Å²) in [6.07, 6.45) is 0. The van der Waals surface area contributed by atoms with Crippen LogP contribution in [0.4, 0.5) is 11.4 Å². The van der Waals surface area contributed by atoms with Gasteiger partial charge in [-0.15, -0.1) is 0 Å². The minimum atomic E-state index is -0.605. The molecule has 0 saturated carbocycles. The Morgan fingerprint density at radius 1 is 1.00 bits per heavy atom. The zero-order valence-corrected chi connectivity index (χ0v) is 14.1. The molecule has 25 heavy (non-hydrogen) atoms. The molecule has 3 aromatic carbocycles. The van der Waals surface area contributed by atoms with E-state index in [0.29, 0.717) is 5.56 Å². The molecule has 4 rings (SSSR count). The first-order valence-electron chi connectivity index (χ1n) is 8.29. The van der Waals surface area contributed by atoms with E-state index in [-0.39, 0.29) is 11.8 Å². The van der Waals surface area contributed by atoms with Crippen molar-refractivity contribution in [2.45, 2.75) is 19.9 Å². The Bertz CT molecular complexity index is 987. The monoisotopic (exact) mass is 330 g/mol. The lowest BCUT2D eigenvalue weighted by molar-refractivity contribution is -0.117. The van der Waals surface area contributed by atoms with E-state index in [1.807, 2.05) is 67.6 Å². The maximum atomic E-state index is 12.9. The fourth-order valence-electron chi connectivity index (χ4n) is 3.32. The lowest BCUT2D eigenvalue weighted by atomic mass is 10.1. The predicted octanol–water partition coefficient (Wildman–Crippen LogP) is 4.14. The molecule has 0 aliphatic carbocycles. The van der Waals surface area contributed by atoms with E-state index >= 15 is 0 Å². The number of hydrogen-bond acceptors (Lipinski definition) is 2. The van der Waals surface area contributed by atoms with Crippen molar-refractivity contribution in [3.8, 4) is 0 Å². The molecule has 4 nitrogen and oxygen atoms in total. The Kier molecular flexibility index (Phi) is 3.53. The van der Waals surface area contributed by atoms with Crippen LogP contribution in [0.1, 0.15) is 22.8 Å². The number of nitrogens with one attached hydrogen (secondary N) is 1. The molecule has 0 saturated heterocycles. The quantitative estimate of drug-likeness (QED) is 0.785. The summed E-state index contributed by atoms with van der Waals surface area (Å²) in [6.45, 7) is 3.75. The van der Waals surface area contributed by atoms with Crippen molar-refractivity contribution >= 4 is 34.0 Å². The normalized spacial score (nSPS) is 14.0. The summed E-state index contributed by atoms with van der Waals surface area (Å²) in [5, 5.41) is 4.82. The van der Waals surface area contributed by atoms with Crippen molar-refractivity contribution in [1.29, 1.82) is 0 Å². The number of benzene rings is 3. The van der Waals surface area contributed by atoms with E-state index in [2.05, 4.69) is 5.32 Å². The van der Waals surface area contributed by atoms with Crippen LogP contribution in [0, 0.1) is 6.92 Å². The van der Waals surface area contributed by atoms with Crippen molar-refractivity contribution in [3.63, 3.8) is 0 Å². The summed E-state index contributed by atoms with van der Waals surface area (Å²) >= 11 is 0. The maximum Gasteiger partial charge on any atom is 0.259 e. The van der Waals surface area contributed by atoms with Gasteiger partial charge in [-0.05, 0) is 43.5 Å². The van der Waals surface area contributed by atoms with E-state index in [9.17, 15) is 9.59 Å². The summed E-state index contributed by atoms with van der Waals surface area (Å²) in [4.78, 5) is 27.1. The molecule has 2 amide bonds. The largest absolute Gasteiger partial charge is 0.324 e. The zero-order chi connectivity index (χ0) is 17.6. The SMILES string of the molecule is Cc1ccc(NC(=O)[C@@H](C)N2C(=O)c3cccc4cccc2c34)cc1. The Labute approximate surface area is 146 Å². The Morgan fingerprint density at radius 3 is 2.40 bits per heavy atom. The average Bonchev–Trinajstić information content (AvgIpc) is 2.91. The smallest absolute Gasteiger partial charge is 0.259 e. The molecule has 3 aromatic rings. The van der Waals surface area contributed by atoms with Crippen LogP contribution in [-0.2, 0) is 4.79 Å². The topological polar surface area (TPSA) is 49.4 Å². The van der Waals surface area contributed by atoms with E-state index in [4.69, 9.17) is 0 Å². The average molecular weight is 330 g/mol. The number of hydrogen-bond donors (Lipinski definition) is 1. The highest BCUT2D eigenvalue weighted by molar-refractivity contribution is 6.26. The van der Waals surface area contributed by atoms with Gasteiger partial charge in [0.1, 0.15) is 6.04 Å². The van der Waals surface area contributed by atoms with Crippen LogP contribution < -0.4 is 10.2 Å². The minimum Gasteiger partial charge on any atom is -0.324 e. The van der Waals surface area contributed by atoms with Gasteiger partial charge in [-0.1, -0.05) is 42.0 Å². The van der Waals surface area contributed by atoms with Crippen LogP contribution in [0.2, 0.25) is 0 Å². The molecule has 4 heteroatoms. The lowest BCUT2D eigenvalue weighted by Crippen LogP contribution is -2.44. The number of rotatable bonds is 3. The summed E-state index contributed by atoms with van der Waals surface area (Å²) in [6, 6.07) is 18.5. The van der Waals surface area contributed by atoms with Gasteiger partial charge in [0.25, 0.3) is 5.91 Å². The molecule has 0 aromatic heterocycles. The number of carbonyl (C=O) groups excluding carboxylic acids is 2. The zero-order valence-electron chi connectivity index (χ0n) is 14.1. The second-order valence-electron chi connectivity index (χ2n) is 6.39. The van der Waals surface area contributed by atoms with Crippen molar-refractivity contribution in [1.82, 2.24) is 0 Å². The molecule has 1 heterocycles. The molecule has 0 bridgehead atoms. The van der Waals surface area contributed by atoms with Crippen LogP contribution in [0.15, 0.2) is 60.7 Å². The molecule has 124 valence electrons. The van der Waals surface area contributed by atoms with Crippen molar-refractivity contribution < 1.29 is 9.59 Å².